The molecule has 0 aliphatic carbocycles. The lowest BCUT2D eigenvalue weighted by Gasteiger charge is -2.39. The Labute approximate surface area is 145 Å². The maximum Gasteiger partial charge on any atom is 0.250 e. The SMILES string of the molecule is Cc1cc(CN2CCC[C@]3(C[C@@H](Oc4ncccc4F)CO3)C2)no1. The number of aryl methyl sites for hydroxylation is 1. The third-order valence-electron chi connectivity index (χ3n) is 4.86. The Morgan fingerprint density at radius 3 is 3.20 bits per heavy atom. The molecule has 0 radical (unpaired) electrons. The highest BCUT2D eigenvalue weighted by Crippen LogP contribution is 2.36. The normalized spacial score (nSPS) is 27.0. The second kappa shape index (κ2) is 6.72. The molecule has 1 spiro atoms. The van der Waals surface area contributed by atoms with Crippen LogP contribution in [0.25, 0.3) is 0 Å². The van der Waals surface area contributed by atoms with E-state index in [0.717, 1.165) is 50.4 Å². The van der Waals surface area contributed by atoms with Crippen LogP contribution in [0.5, 0.6) is 5.88 Å². The third-order valence-corrected chi connectivity index (χ3v) is 4.86. The lowest BCUT2D eigenvalue weighted by molar-refractivity contribution is -0.0542. The van der Waals surface area contributed by atoms with Crippen LogP contribution in [-0.4, -0.2) is 46.4 Å². The van der Waals surface area contributed by atoms with Crippen LogP contribution in [0.1, 0.15) is 30.7 Å². The van der Waals surface area contributed by atoms with Crippen LogP contribution >= 0.6 is 0 Å². The van der Waals surface area contributed by atoms with E-state index in [1.54, 1.807) is 6.07 Å². The van der Waals surface area contributed by atoms with Gasteiger partial charge in [0.1, 0.15) is 11.9 Å². The van der Waals surface area contributed by atoms with Crippen molar-refractivity contribution in [3.05, 3.63) is 41.7 Å². The van der Waals surface area contributed by atoms with Crippen molar-refractivity contribution in [2.24, 2.45) is 0 Å². The van der Waals surface area contributed by atoms with Crippen molar-refractivity contribution < 1.29 is 18.4 Å². The van der Waals surface area contributed by atoms with E-state index in [9.17, 15) is 4.39 Å². The Morgan fingerprint density at radius 1 is 1.48 bits per heavy atom. The van der Waals surface area contributed by atoms with Gasteiger partial charge in [-0.2, -0.15) is 0 Å². The van der Waals surface area contributed by atoms with Crippen molar-refractivity contribution in [2.45, 2.75) is 44.4 Å². The molecule has 25 heavy (non-hydrogen) atoms. The van der Waals surface area contributed by atoms with Crippen molar-refractivity contribution >= 4 is 0 Å². The summed E-state index contributed by atoms with van der Waals surface area (Å²) in [5, 5.41) is 4.07. The minimum atomic E-state index is -0.435. The molecule has 6 nitrogen and oxygen atoms in total. The fourth-order valence-corrected chi connectivity index (χ4v) is 3.83. The molecule has 0 unspecified atom stereocenters. The molecule has 2 saturated heterocycles. The van der Waals surface area contributed by atoms with Gasteiger partial charge in [0, 0.05) is 31.8 Å². The van der Waals surface area contributed by atoms with Crippen LogP contribution in [0.2, 0.25) is 0 Å². The smallest absolute Gasteiger partial charge is 0.250 e. The van der Waals surface area contributed by atoms with Gasteiger partial charge in [-0.1, -0.05) is 5.16 Å². The Kier molecular flexibility index (Phi) is 4.43. The number of rotatable bonds is 4. The van der Waals surface area contributed by atoms with Crippen LogP contribution in [0.3, 0.4) is 0 Å². The van der Waals surface area contributed by atoms with Crippen LogP contribution in [0.15, 0.2) is 28.9 Å². The van der Waals surface area contributed by atoms with E-state index in [2.05, 4.69) is 15.0 Å². The highest BCUT2D eigenvalue weighted by atomic mass is 19.1. The van der Waals surface area contributed by atoms with Crippen LogP contribution in [-0.2, 0) is 11.3 Å². The number of hydrogen-bond acceptors (Lipinski definition) is 6. The first-order chi connectivity index (χ1) is 12.1. The van der Waals surface area contributed by atoms with Crippen molar-refractivity contribution in [3.8, 4) is 5.88 Å². The fraction of sp³-hybridized carbons (Fsp3) is 0.556. The van der Waals surface area contributed by atoms with Gasteiger partial charge in [-0.3, -0.25) is 4.90 Å². The van der Waals surface area contributed by atoms with Gasteiger partial charge in [0.05, 0.1) is 17.9 Å². The van der Waals surface area contributed by atoms with Crippen molar-refractivity contribution in [2.75, 3.05) is 19.7 Å². The summed E-state index contributed by atoms with van der Waals surface area (Å²) in [7, 11) is 0. The quantitative estimate of drug-likeness (QED) is 0.847. The molecule has 4 heterocycles. The van der Waals surface area contributed by atoms with E-state index >= 15 is 0 Å². The summed E-state index contributed by atoms with van der Waals surface area (Å²) in [6, 6.07) is 4.88. The molecule has 2 aliphatic heterocycles. The van der Waals surface area contributed by atoms with Crippen molar-refractivity contribution in [1.82, 2.24) is 15.0 Å². The molecule has 0 N–H and O–H groups in total. The molecular formula is C18H22FN3O3. The lowest BCUT2D eigenvalue weighted by Crippen LogP contribution is -2.47. The molecule has 2 aromatic rings. The fourth-order valence-electron chi connectivity index (χ4n) is 3.83. The van der Waals surface area contributed by atoms with Crippen LogP contribution in [0, 0.1) is 12.7 Å². The van der Waals surface area contributed by atoms with Crippen molar-refractivity contribution in [3.63, 3.8) is 0 Å². The highest BCUT2D eigenvalue weighted by Gasteiger charge is 2.44. The summed E-state index contributed by atoms with van der Waals surface area (Å²) in [5.41, 5.74) is 0.711. The summed E-state index contributed by atoms with van der Waals surface area (Å²) in [6.07, 6.45) is 4.16. The number of piperidine rings is 1. The molecule has 4 rings (SSSR count). The second-order valence-corrected chi connectivity index (χ2v) is 6.97. The number of aromatic nitrogens is 2. The summed E-state index contributed by atoms with van der Waals surface area (Å²) in [5.74, 6) is 0.443. The van der Waals surface area contributed by atoms with Crippen molar-refractivity contribution in [1.29, 1.82) is 0 Å². The second-order valence-electron chi connectivity index (χ2n) is 6.97. The lowest BCUT2D eigenvalue weighted by atomic mass is 9.89. The Bertz CT molecular complexity index is 738. The van der Waals surface area contributed by atoms with Gasteiger partial charge in [-0.15, -0.1) is 0 Å². The topological polar surface area (TPSA) is 60.6 Å². The van der Waals surface area contributed by atoms with Gasteiger partial charge >= 0.3 is 0 Å². The molecule has 2 aliphatic rings. The summed E-state index contributed by atoms with van der Waals surface area (Å²) >= 11 is 0. The van der Waals surface area contributed by atoms with Gasteiger partial charge < -0.3 is 14.0 Å². The Morgan fingerprint density at radius 2 is 2.40 bits per heavy atom. The zero-order chi connectivity index (χ0) is 17.3. The minimum Gasteiger partial charge on any atom is -0.470 e. The first-order valence-corrected chi connectivity index (χ1v) is 8.68. The molecule has 7 heteroatoms. The molecule has 2 atom stereocenters. The van der Waals surface area contributed by atoms with E-state index in [4.69, 9.17) is 14.0 Å². The zero-order valence-electron chi connectivity index (χ0n) is 14.3. The molecule has 0 aromatic carbocycles. The summed E-state index contributed by atoms with van der Waals surface area (Å²) in [4.78, 5) is 6.30. The van der Waals surface area contributed by atoms with Gasteiger partial charge in [0.2, 0.25) is 0 Å². The number of hydrogen-bond donors (Lipinski definition) is 0. The standard InChI is InChI=1S/C18H22FN3O3/c1-13-8-14(21-25-13)10-22-7-3-5-18(12-22)9-15(11-23-18)24-17-16(19)4-2-6-20-17/h2,4,6,8,15H,3,5,7,9-12H2,1H3/t15-,18+/m1/s1. The first kappa shape index (κ1) is 16.5. The molecule has 0 bridgehead atoms. The van der Waals surface area contributed by atoms with E-state index in [-0.39, 0.29) is 17.6 Å². The van der Waals surface area contributed by atoms with E-state index in [0.29, 0.717) is 6.61 Å². The third kappa shape index (κ3) is 3.67. The largest absolute Gasteiger partial charge is 0.470 e. The van der Waals surface area contributed by atoms with Gasteiger partial charge in [0.15, 0.2) is 5.82 Å². The van der Waals surface area contributed by atoms with Gasteiger partial charge in [0.25, 0.3) is 5.88 Å². The average molecular weight is 347 g/mol. The maximum absolute atomic E-state index is 13.7. The monoisotopic (exact) mass is 347 g/mol. The molecule has 2 fully saturated rings. The van der Waals surface area contributed by atoms with E-state index in [1.165, 1.54) is 12.3 Å². The predicted molar refractivity (Wildman–Crippen MR) is 87.7 cm³/mol. The van der Waals surface area contributed by atoms with Crippen LogP contribution in [0.4, 0.5) is 4.39 Å². The van der Waals surface area contributed by atoms with E-state index in [1.807, 2.05) is 13.0 Å². The number of nitrogens with zero attached hydrogens (tertiary/aromatic N) is 3. The van der Waals surface area contributed by atoms with E-state index < -0.39 is 5.82 Å². The summed E-state index contributed by atoms with van der Waals surface area (Å²) in [6.45, 7) is 4.95. The van der Waals surface area contributed by atoms with Gasteiger partial charge in [-0.25, -0.2) is 9.37 Å². The number of pyridine rings is 1. The zero-order valence-corrected chi connectivity index (χ0v) is 14.3. The highest BCUT2D eigenvalue weighted by molar-refractivity contribution is 5.14. The molecular weight excluding hydrogens is 325 g/mol. The average Bonchev–Trinajstić information content (AvgIpc) is 3.16. The van der Waals surface area contributed by atoms with Crippen LogP contribution < -0.4 is 4.74 Å². The number of halogens is 1. The summed E-state index contributed by atoms with van der Waals surface area (Å²) < 4.78 is 30.7. The molecule has 0 amide bonds. The number of ether oxygens (including phenoxy) is 2. The van der Waals surface area contributed by atoms with Gasteiger partial charge in [-0.05, 0) is 38.4 Å². The number of likely N-dealkylation sites (tertiary alicyclic amines) is 1. The minimum absolute atomic E-state index is 0.0545. The molecule has 134 valence electrons. The first-order valence-electron chi connectivity index (χ1n) is 8.68. The Hall–Kier alpha value is -1.99. The maximum atomic E-state index is 13.7. The molecule has 2 aromatic heterocycles. The Balaban J connectivity index is 1.38. The predicted octanol–water partition coefficient (Wildman–Crippen LogP) is 2.72. The molecule has 0 saturated carbocycles.